The Kier molecular flexibility index (Phi) is 7.60. The van der Waals surface area contributed by atoms with Crippen LogP contribution < -0.4 is 9.64 Å². The molecule has 0 aliphatic carbocycles. The number of anilines is 1. The van der Waals surface area contributed by atoms with Crippen molar-refractivity contribution < 1.29 is 27.1 Å². The molecule has 0 saturated carbocycles. The van der Waals surface area contributed by atoms with Gasteiger partial charge in [0.2, 0.25) is 0 Å². The number of likely N-dealkylation sites (tertiary alicyclic amines) is 1. The highest BCUT2D eigenvalue weighted by molar-refractivity contribution is 6.32. The van der Waals surface area contributed by atoms with Crippen LogP contribution in [0.2, 0.25) is 5.02 Å². The summed E-state index contributed by atoms with van der Waals surface area (Å²) in [6.07, 6.45) is -4.06. The lowest BCUT2D eigenvalue weighted by Gasteiger charge is -2.32. The van der Waals surface area contributed by atoms with Crippen molar-refractivity contribution in [3.63, 3.8) is 0 Å². The van der Waals surface area contributed by atoms with Gasteiger partial charge in [-0.05, 0) is 54.4 Å². The van der Waals surface area contributed by atoms with Gasteiger partial charge < -0.3 is 14.5 Å². The van der Waals surface area contributed by atoms with Gasteiger partial charge in [0.1, 0.15) is 6.07 Å². The average molecular weight is 532 g/mol. The first kappa shape index (κ1) is 26.3. The number of rotatable bonds is 6. The lowest BCUT2D eigenvalue weighted by molar-refractivity contribution is -0.138. The molecule has 192 valence electrons. The first-order chi connectivity index (χ1) is 17.6. The molecule has 3 aromatic carbocycles. The molecule has 1 saturated heterocycles. The second-order valence-corrected chi connectivity index (χ2v) is 9.01. The van der Waals surface area contributed by atoms with Crippen LogP contribution in [0.5, 0.6) is 5.75 Å². The van der Waals surface area contributed by atoms with Crippen LogP contribution in [0.25, 0.3) is 0 Å². The maximum Gasteiger partial charge on any atom is 0.416 e. The highest BCUT2D eigenvalue weighted by Crippen LogP contribution is 2.35. The standard InChI is InChI=1S/C27H22ClF4N3O2/c1-37-25-12-17(7-9-24(25)29)26(36)34-11-10-21(16-34)35(20-8-6-18(14-33)23(28)13-20)15-19-4-2-3-5-22(19)27(30,31)32/h2-9,12-13,21H,10-11,15-16H2,1H3/t21-/m0/s1. The minimum atomic E-state index is -4.54. The molecule has 10 heteroatoms. The smallest absolute Gasteiger partial charge is 0.416 e. The molecule has 1 amide bonds. The molecule has 0 radical (unpaired) electrons. The van der Waals surface area contributed by atoms with E-state index in [0.717, 1.165) is 12.1 Å². The van der Waals surface area contributed by atoms with Gasteiger partial charge in [0.25, 0.3) is 5.91 Å². The SMILES string of the molecule is COc1cc(C(=O)N2CC[C@H](N(Cc3ccccc3C(F)(F)F)c3ccc(C#N)c(Cl)c3)C2)ccc1F. The van der Waals surface area contributed by atoms with E-state index in [2.05, 4.69) is 0 Å². The molecule has 0 unspecified atom stereocenters. The topological polar surface area (TPSA) is 56.6 Å². The summed E-state index contributed by atoms with van der Waals surface area (Å²) in [6, 6.07) is 15.5. The Morgan fingerprint density at radius 1 is 1.19 bits per heavy atom. The lowest BCUT2D eigenvalue weighted by atomic mass is 10.0. The number of amides is 1. The first-order valence-electron chi connectivity index (χ1n) is 11.4. The van der Waals surface area contributed by atoms with E-state index in [9.17, 15) is 27.6 Å². The largest absolute Gasteiger partial charge is 0.494 e. The quantitative estimate of drug-likeness (QED) is 0.350. The zero-order chi connectivity index (χ0) is 26.7. The molecule has 4 rings (SSSR count). The molecule has 1 fully saturated rings. The number of ether oxygens (including phenoxy) is 1. The molecule has 1 heterocycles. The summed E-state index contributed by atoms with van der Waals surface area (Å²) in [5.41, 5.74) is 0.347. The second-order valence-electron chi connectivity index (χ2n) is 8.60. The third kappa shape index (κ3) is 5.65. The van der Waals surface area contributed by atoms with E-state index in [-0.39, 0.29) is 52.5 Å². The number of hydrogen-bond donors (Lipinski definition) is 0. The summed E-state index contributed by atoms with van der Waals surface area (Å²) in [5, 5.41) is 9.41. The third-order valence-electron chi connectivity index (χ3n) is 6.36. The third-order valence-corrected chi connectivity index (χ3v) is 6.67. The monoisotopic (exact) mass is 531 g/mol. The van der Waals surface area contributed by atoms with E-state index in [1.807, 2.05) is 6.07 Å². The van der Waals surface area contributed by atoms with Crippen molar-refractivity contribution in [3.8, 4) is 11.8 Å². The molecule has 0 bridgehead atoms. The molecule has 0 aromatic heterocycles. The number of halogens is 5. The van der Waals surface area contributed by atoms with Gasteiger partial charge in [0.15, 0.2) is 11.6 Å². The average Bonchev–Trinajstić information content (AvgIpc) is 3.36. The van der Waals surface area contributed by atoms with E-state index in [4.69, 9.17) is 16.3 Å². The fraction of sp³-hybridized carbons (Fsp3) is 0.259. The van der Waals surface area contributed by atoms with Crippen molar-refractivity contribution in [2.75, 3.05) is 25.1 Å². The van der Waals surface area contributed by atoms with Crippen molar-refractivity contribution in [3.05, 3.63) is 93.8 Å². The summed E-state index contributed by atoms with van der Waals surface area (Å²) >= 11 is 6.25. The summed E-state index contributed by atoms with van der Waals surface area (Å²) in [6.45, 7) is 0.490. The van der Waals surface area contributed by atoms with Crippen molar-refractivity contribution in [1.82, 2.24) is 4.90 Å². The Hall–Kier alpha value is -3.77. The highest BCUT2D eigenvalue weighted by atomic mass is 35.5. The number of hydrogen-bond acceptors (Lipinski definition) is 4. The normalized spacial score (nSPS) is 15.4. The molecular formula is C27H22ClF4N3O2. The van der Waals surface area contributed by atoms with Crippen molar-refractivity contribution in [1.29, 1.82) is 5.26 Å². The fourth-order valence-corrected chi connectivity index (χ4v) is 4.70. The Morgan fingerprint density at radius 2 is 1.95 bits per heavy atom. The fourth-order valence-electron chi connectivity index (χ4n) is 4.48. The van der Waals surface area contributed by atoms with Crippen LogP contribution in [0.3, 0.4) is 0 Å². The van der Waals surface area contributed by atoms with Crippen LogP contribution in [-0.2, 0) is 12.7 Å². The first-order valence-corrected chi connectivity index (χ1v) is 11.7. The zero-order valence-electron chi connectivity index (χ0n) is 19.7. The van der Waals surface area contributed by atoms with Crippen LogP contribution in [0.15, 0.2) is 60.7 Å². The Morgan fingerprint density at radius 3 is 2.62 bits per heavy atom. The number of alkyl halides is 3. The number of benzene rings is 3. The summed E-state index contributed by atoms with van der Waals surface area (Å²) in [4.78, 5) is 16.5. The molecule has 0 spiro atoms. The molecule has 5 nitrogen and oxygen atoms in total. The van der Waals surface area contributed by atoms with Gasteiger partial charge in [0, 0.05) is 36.9 Å². The van der Waals surface area contributed by atoms with Gasteiger partial charge in [0.05, 0.1) is 23.3 Å². The Bertz CT molecular complexity index is 1360. The van der Waals surface area contributed by atoms with Crippen LogP contribution in [0, 0.1) is 17.1 Å². The predicted molar refractivity (Wildman–Crippen MR) is 131 cm³/mol. The highest BCUT2D eigenvalue weighted by Gasteiger charge is 2.36. The maximum absolute atomic E-state index is 13.8. The Balaban J connectivity index is 1.65. The van der Waals surface area contributed by atoms with E-state index in [1.54, 1.807) is 28.0 Å². The van der Waals surface area contributed by atoms with Gasteiger partial charge >= 0.3 is 6.18 Å². The van der Waals surface area contributed by atoms with Crippen LogP contribution in [0.1, 0.15) is 33.5 Å². The molecule has 1 atom stereocenters. The minimum absolute atomic E-state index is 0.0563. The number of nitriles is 1. The lowest BCUT2D eigenvalue weighted by Crippen LogP contribution is -2.39. The molecule has 0 N–H and O–H groups in total. The maximum atomic E-state index is 13.8. The Labute approximate surface area is 216 Å². The van der Waals surface area contributed by atoms with Gasteiger partial charge in [-0.15, -0.1) is 0 Å². The van der Waals surface area contributed by atoms with Gasteiger partial charge in [-0.1, -0.05) is 29.8 Å². The molecule has 1 aliphatic rings. The van der Waals surface area contributed by atoms with Gasteiger partial charge in [-0.2, -0.15) is 18.4 Å². The summed E-state index contributed by atoms with van der Waals surface area (Å²) < 4.78 is 59.9. The van der Waals surface area contributed by atoms with Crippen LogP contribution in [0.4, 0.5) is 23.2 Å². The summed E-state index contributed by atoms with van der Waals surface area (Å²) in [5.74, 6) is -0.987. The van der Waals surface area contributed by atoms with Crippen LogP contribution >= 0.6 is 11.6 Å². The van der Waals surface area contributed by atoms with Gasteiger partial charge in [-0.25, -0.2) is 4.39 Å². The second kappa shape index (κ2) is 10.7. The van der Waals surface area contributed by atoms with E-state index < -0.39 is 17.6 Å². The minimum Gasteiger partial charge on any atom is -0.494 e. The van der Waals surface area contributed by atoms with Crippen molar-refractivity contribution in [2.24, 2.45) is 0 Å². The van der Waals surface area contributed by atoms with Crippen molar-refractivity contribution in [2.45, 2.75) is 25.2 Å². The van der Waals surface area contributed by atoms with E-state index in [0.29, 0.717) is 18.7 Å². The zero-order valence-corrected chi connectivity index (χ0v) is 20.5. The van der Waals surface area contributed by atoms with Crippen LogP contribution in [-0.4, -0.2) is 37.0 Å². The number of carbonyl (C=O) groups is 1. The number of methoxy groups -OCH3 is 1. The van der Waals surface area contributed by atoms with Gasteiger partial charge in [-0.3, -0.25) is 4.79 Å². The van der Waals surface area contributed by atoms with E-state index >= 15 is 0 Å². The molecule has 37 heavy (non-hydrogen) atoms. The van der Waals surface area contributed by atoms with Crippen molar-refractivity contribution >= 4 is 23.2 Å². The summed E-state index contributed by atoms with van der Waals surface area (Å²) in [7, 11) is 1.30. The number of carbonyl (C=O) groups excluding carboxylic acids is 1. The number of nitrogens with zero attached hydrogens (tertiary/aromatic N) is 3. The predicted octanol–water partition coefficient (Wildman–Crippen LogP) is 6.30. The molecular weight excluding hydrogens is 510 g/mol. The van der Waals surface area contributed by atoms with E-state index in [1.165, 1.54) is 37.4 Å². The molecule has 3 aromatic rings. The molecule has 1 aliphatic heterocycles.